The van der Waals surface area contributed by atoms with E-state index >= 15 is 0 Å². The Morgan fingerprint density at radius 1 is 1.40 bits per heavy atom. The first-order valence-corrected chi connectivity index (χ1v) is 4.60. The summed E-state index contributed by atoms with van der Waals surface area (Å²) in [7, 11) is 1.64. The van der Waals surface area contributed by atoms with Gasteiger partial charge >= 0.3 is 5.69 Å². The number of nitrogens with zero attached hydrogens (tertiary/aromatic N) is 5. The number of hydrogen-bond acceptors (Lipinski definition) is 5. The lowest BCUT2D eigenvalue weighted by atomic mass is 10.5. The van der Waals surface area contributed by atoms with Crippen LogP contribution in [0.3, 0.4) is 0 Å². The fourth-order valence-corrected chi connectivity index (χ4v) is 1.15. The number of hydrogen-bond donors (Lipinski definition) is 0. The van der Waals surface area contributed by atoms with E-state index in [0.717, 1.165) is 0 Å². The quantitative estimate of drug-likeness (QED) is 0.685. The fourth-order valence-electron chi connectivity index (χ4n) is 1.15. The predicted molar refractivity (Wildman–Crippen MR) is 50.2 cm³/mol. The van der Waals surface area contributed by atoms with Crippen molar-refractivity contribution in [2.24, 2.45) is 7.05 Å². The molecule has 2 aromatic heterocycles. The van der Waals surface area contributed by atoms with E-state index in [9.17, 15) is 4.79 Å². The van der Waals surface area contributed by atoms with Gasteiger partial charge in [-0.25, -0.2) is 9.48 Å². The molecular formula is C8H11N5O2. The van der Waals surface area contributed by atoms with Gasteiger partial charge < -0.3 is 4.42 Å². The first-order valence-electron chi connectivity index (χ1n) is 4.60. The van der Waals surface area contributed by atoms with Crippen molar-refractivity contribution in [3.63, 3.8) is 0 Å². The summed E-state index contributed by atoms with van der Waals surface area (Å²) in [6, 6.07) is 0. The van der Waals surface area contributed by atoms with E-state index in [1.807, 2.05) is 6.92 Å². The highest BCUT2D eigenvalue weighted by molar-refractivity contribution is 4.82. The smallest absolute Gasteiger partial charge is 0.345 e. The molecule has 2 rings (SSSR count). The number of aryl methyl sites for hydroxylation is 2. The molecule has 80 valence electrons. The Morgan fingerprint density at radius 2 is 2.13 bits per heavy atom. The Bertz CT molecular complexity index is 509. The third-order valence-electron chi connectivity index (χ3n) is 1.98. The summed E-state index contributed by atoms with van der Waals surface area (Å²) in [4.78, 5) is 11.4. The van der Waals surface area contributed by atoms with E-state index in [1.165, 1.54) is 15.6 Å². The van der Waals surface area contributed by atoms with Crippen LogP contribution in [0, 0.1) is 0 Å². The molecule has 7 nitrogen and oxygen atoms in total. The Kier molecular flexibility index (Phi) is 2.36. The molecule has 2 aromatic rings. The van der Waals surface area contributed by atoms with Gasteiger partial charge in [-0.15, -0.1) is 10.2 Å². The van der Waals surface area contributed by atoms with Gasteiger partial charge in [0.2, 0.25) is 11.8 Å². The SMILES string of the molecule is CCc1nnc(Cn2ncn(C)c2=O)o1. The standard InChI is InChI=1S/C8H11N5O2/c1-3-6-10-11-7(15-6)4-13-8(14)12(2)5-9-13/h5H,3-4H2,1-2H3. The molecule has 2 heterocycles. The van der Waals surface area contributed by atoms with Gasteiger partial charge in [-0.3, -0.25) is 4.57 Å². The number of aromatic nitrogens is 5. The molecule has 0 fully saturated rings. The maximum atomic E-state index is 11.4. The average molecular weight is 209 g/mol. The molecule has 0 saturated heterocycles. The summed E-state index contributed by atoms with van der Waals surface area (Å²) in [5.74, 6) is 0.960. The minimum atomic E-state index is -0.203. The van der Waals surface area contributed by atoms with Crippen LogP contribution in [0.1, 0.15) is 18.7 Å². The monoisotopic (exact) mass is 209 g/mol. The van der Waals surface area contributed by atoms with Gasteiger partial charge in [0, 0.05) is 13.5 Å². The normalized spacial score (nSPS) is 10.8. The van der Waals surface area contributed by atoms with Crippen LogP contribution in [-0.4, -0.2) is 24.5 Å². The maximum Gasteiger partial charge on any atom is 0.345 e. The first-order chi connectivity index (χ1) is 7.20. The molecule has 7 heteroatoms. The second kappa shape index (κ2) is 3.68. The lowest BCUT2D eigenvalue weighted by Crippen LogP contribution is -2.23. The van der Waals surface area contributed by atoms with Crippen molar-refractivity contribution in [3.8, 4) is 0 Å². The third-order valence-corrected chi connectivity index (χ3v) is 1.98. The van der Waals surface area contributed by atoms with Gasteiger partial charge in [-0.05, 0) is 0 Å². The first kappa shape index (κ1) is 9.63. The Labute approximate surface area is 85.3 Å². The summed E-state index contributed by atoms with van der Waals surface area (Å²) < 4.78 is 7.93. The van der Waals surface area contributed by atoms with Gasteiger partial charge in [0.05, 0.1) is 0 Å². The Balaban J connectivity index is 2.22. The molecule has 0 aliphatic carbocycles. The molecule has 0 amide bonds. The molecule has 0 unspecified atom stereocenters. The van der Waals surface area contributed by atoms with Crippen LogP contribution in [0.5, 0.6) is 0 Å². The van der Waals surface area contributed by atoms with E-state index in [-0.39, 0.29) is 12.2 Å². The summed E-state index contributed by atoms with van der Waals surface area (Å²) >= 11 is 0. The highest BCUT2D eigenvalue weighted by atomic mass is 16.4. The summed E-state index contributed by atoms with van der Waals surface area (Å²) in [5, 5.41) is 11.5. The molecule has 0 aliphatic rings. The summed E-state index contributed by atoms with van der Waals surface area (Å²) in [6.07, 6.45) is 2.13. The van der Waals surface area contributed by atoms with E-state index in [4.69, 9.17) is 4.42 Å². The lowest BCUT2D eigenvalue weighted by Gasteiger charge is -1.92. The van der Waals surface area contributed by atoms with E-state index in [2.05, 4.69) is 15.3 Å². The molecule has 15 heavy (non-hydrogen) atoms. The van der Waals surface area contributed by atoms with Crippen molar-refractivity contribution in [3.05, 3.63) is 28.6 Å². The van der Waals surface area contributed by atoms with Crippen molar-refractivity contribution >= 4 is 0 Å². The van der Waals surface area contributed by atoms with Crippen LogP contribution >= 0.6 is 0 Å². The molecule has 0 aliphatic heterocycles. The van der Waals surface area contributed by atoms with Crippen LogP contribution < -0.4 is 5.69 Å². The molecular weight excluding hydrogens is 198 g/mol. The minimum Gasteiger partial charge on any atom is -0.423 e. The highest BCUT2D eigenvalue weighted by Crippen LogP contribution is 2.00. The molecule has 0 spiro atoms. The third kappa shape index (κ3) is 1.80. The van der Waals surface area contributed by atoms with Crippen LogP contribution in [0.25, 0.3) is 0 Å². The Hall–Kier alpha value is -1.92. The highest BCUT2D eigenvalue weighted by Gasteiger charge is 2.08. The van der Waals surface area contributed by atoms with E-state index < -0.39 is 0 Å². The van der Waals surface area contributed by atoms with Crippen molar-refractivity contribution in [1.29, 1.82) is 0 Å². The predicted octanol–water partition coefficient (Wildman–Crippen LogP) is -0.425. The zero-order valence-electron chi connectivity index (χ0n) is 8.54. The Morgan fingerprint density at radius 3 is 2.67 bits per heavy atom. The zero-order valence-corrected chi connectivity index (χ0v) is 8.54. The molecule has 0 bridgehead atoms. The molecule has 0 N–H and O–H groups in total. The van der Waals surface area contributed by atoms with Crippen LogP contribution in [0.15, 0.2) is 15.5 Å². The minimum absolute atomic E-state index is 0.203. The second-order valence-electron chi connectivity index (χ2n) is 3.13. The van der Waals surface area contributed by atoms with Crippen molar-refractivity contribution in [2.45, 2.75) is 19.9 Å². The van der Waals surface area contributed by atoms with Crippen LogP contribution in [-0.2, 0) is 20.0 Å². The van der Waals surface area contributed by atoms with Crippen molar-refractivity contribution < 1.29 is 4.42 Å². The zero-order chi connectivity index (χ0) is 10.8. The average Bonchev–Trinajstić information content (AvgIpc) is 2.80. The largest absolute Gasteiger partial charge is 0.423 e. The maximum absolute atomic E-state index is 11.4. The molecule has 0 radical (unpaired) electrons. The lowest BCUT2D eigenvalue weighted by molar-refractivity contribution is 0.429. The topological polar surface area (TPSA) is 78.7 Å². The van der Waals surface area contributed by atoms with Gasteiger partial charge in [0.25, 0.3) is 0 Å². The number of rotatable bonds is 3. The summed E-state index contributed by atoms with van der Waals surface area (Å²) in [6.45, 7) is 2.14. The van der Waals surface area contributed by atoms with Crippen molar-refractivity contribution in [2.75, 3.05) is 0 Å². The van der Waals surface area contributed by atoms with Gasteiger partial charge in [0.1, 0.15) is 12.9 Å². The fraction of sp³-hybridized carbons (Fsp3) is 0.500. The van der Waals surface area contributed by atoms with Gasteiger partial charge in [-0.1, -0.05) is 6.92 Å². The van der Waals surface area contributed by atoms with Crippen LogP contribution in [0.2, 0.25) is 0 Å². The van der Waals surface area contributed by atoms with Crippen LogP contribution in [0.4, 0.5) is 0 Å². The van der Waals surface area contributed by atoms with Gasteiger partial charge in [0.15, 0.2) is 0 Å². The summed E-state index contributed by atoms with van der Waals surface area (Å²) in [5.41, 5.74) is -0.203. The molecule has 0 atom stereocenters. The molecule has 0 aromatic carbocycles. The van der Waals surface area contributed by atoms with E-state index in [0.29, 0.717) is 18.2 Å². The second-order valence-corrected chi connectivity index (χ2v) is 3.13. The van der Waals surface area contributed by atoms with Gasteiger partial charge in [-0.2, -0.15) is 5.10 Å². The molecule has 0 saturated carbocycles. The van der Waals surface area contributed by atoms with Crippen molar-refractivity contribution in [1.82, 2.24) is 24.5 Å². The van der Waals surface area contributed by atoms with E-state index in [1.54, 1.807) is 7.05 Å².